The molecule has 0 spiro atoms. The molecule has 2 rings (SSSR count). The lowest BCUT2D eigenvalue weighted by Gasteiger charge is -2.07. The fraction of sp³-hybridized carbons (Fsp3) is 0.231. The Kier molecular flexibility index (Phi) is 4.50. The van der Waals surface area contributed by atoms with Gasteiger partial charge < -0.3 is 15.7 Å². The zero-order chi connectivity index (χ0) is 15.2. The van der Waals surface area contributed by atoms with Gasteiger partial charge in [0, 0.05) is 25.1 Å². The van der Waals surface area contributed by atoms with Crippen molar-refractivity contribution < 1.29 is 14.7 Å². The van der Waals surface area contributed by atoms with Crippen LogP contribution in [0.15, 0.2) is 30.9 Å². The van der Waals surface area contributed by atoms with E-state index in [0.29, 0.717) is 12.2 Å². The number of aromatic nitrogens is 3. The Balaban J connectivity index is 1.86. The molecular formula is C13H15N5O3. The predicted molar refractivity (Wildman–Crippen MR) is 74.7 cm³/mol. The lowest BCUT2D eigenvalue weighted by molar-refractivity contribution is -0.137. The van der Waals surface area contributed by atoms with Gasteiger partial charge in [0.15, 0.2) is 0 Å². The van der Waals surface area contributed by atoms with Gasteiger partial charge in [0.2, 0.25) is 0 Å². The summed E-state index contributed by atoms with van der Waals surface area (Å²) < 4.78 is 1.23. The van der Waals surface area contributed by atoms with E-state index in [4.69, 9.17) is 5.11 Å². The number of nitrogens with one attached hydrogen (secondary N) is 2. The summed E-state index contributed by atoms with van der Waals surface area (Å²) in [5.41, 5.74) is 2.39. The van der Waals surface area contributed by atoms with Crippen molar-refractivity contribution in [3.8, 4) is 0 Å². The first-order valence-electron chi connectivity index (χ1n) is 6.23. The van der Waals surface area contributed by atoms with E-state index in [1.807, 2.05) is 13.0 Å². The molecule has 0 aliphatic carbocycles. The number of rotatable bonds is 5. The molecule has 21 heavy (non-hydrogen) atoms. The zero-order valence-electron chi connectivity index (χ0n) is 11.4. The number of urea groups is 1. The molecule has 2 aromatic heterocycles. The summed E-state index contributed by atoms with van der Waals surface area (Å²) in [5, 5.41) is 17.7. The maximum absolute atomic E-state index is 11.7. The van der Waals surface area contributed by atoms with Gasteiger partial charge in [0.05, 0.1) is 11.9 Å². The third-order valence-corrected chi connectivity index (χ3v) is 2.78. The van der Waals surface area contributed by atoms with Crippen LogP contribution < -0.4 is 10.6 Å². The standard InChI is InChI=1S/C13H15N5O3/c1-9-2-3-14-4-10(9)5-15-13(21)17-11-6-16-18(7-11)8-12(19)20/h2-4,6-7H,5,8H2,1H3,(H,19,20)(H2,15,17,21). The molecule has 0 bridgehead atoms. The largest absolute Gasteiger partial charge is 0.480 e. The Morgan fingerprint density at radius 1 is 1.38 bits per heavy atom. The normalized spacial score (nSPS) is 10.1. The highest BCUT2D eigenvalue weighted by molar-refractivity contribution is 5.88. The van der Waals surface area contributed by atoms with Crippen molar-refractivity contribution in [3.05, 3.63) is 42.0 Å². The van der Waals surface area contributed by atoms with Crippen molar-refractivity contribution in [2.75, 3.05) is 5.32 Å². The topological polar surface area (TPSA) is 109 Å². The molecule has 2 heterocycles. The fourth-order valence-electron chi connectivity index (χ4n) is 1.69. The monoisotopic (exact) mass is 289 g/mol. The van der Waals surface area contributed by atoms with Crippen molar-refractivity contribution in [3.63, 3.8) is 0 Å². The number of hydrogen-bond acceptors (Lipinski definition) is 4. The van der Waals surface area contributed by atoms with Crippen molar-refractivity contribution >= 4 is 17.7 Å². The summed E-state index contributed by atoms with van der Waals surface area (Å²) >= 11 is 0. The molecular weight excluding hydrogens is 274 g/mol. The van der Waals surface area contributed by atoms with E-state index in [-0.39, 0.29) is 6.54 Å². The van der Waals surface area contributed by atoms with Crippen LogP contribution in [-0.4, -0.2) is 31.9 Å². The maximum Gasteiger partial charge on any atom is 0.325 e. The minimum Gasteiger partial charge on any atom is -0.480 e. The number of aryl methyl sites for hydroxylation is 1. The number of anilines is 1. The van der Waals surface area contributed by atoms with Gasteiger partial charge in [-0.1, -0.05) is 0 Å². The highest BCUT2D eigenvalue weighted by Gasteiger charge is 2.06. The number of pyridine rings is 1. The third-order valence-electron chi connectivity index (χ3n) is 2.78. The Morgan fingerprint density at radius 2 is 2.19 bits per heavy atom. The van der Waals surface area contributed by atoms with Gasteiger partial charge >= 0.3 is 12.0 Å². The van der Waals surface area contributed by atoms with Gasteiger partial charge in [-0.2, -0.15) is 5.10 Å². The second-order valence-electron chi connectivity index (χ2n) is 4.43. The van der Waals surface area contributed by atoms with Gasteiger partial charge in [-0.15, -0.1) is 0 Å². The summed E-state index contributed by atoms with van der Waals surface area (Å²) in [6, 6.07) is 1.47. The van der Waals surface area contributed by atoms with Crippen molar-refractivity contribution in [1.29, 1.82) is 0 Å². The molecule has 0 aliphatic heterocycles. The molecule has 2 aromatic rings. The molecule has 0 saturated heterocycles. The zero-order valence-corrected chi connectivity index (χ0v) is 11.4. The summed E-state index contributed by atoms with van der Waals surface area (Å²) in [5.74, 6) is -0.999. The quantitative estimate of drug-likeness (QED) is 0.760. The lowest BCUT2D eigenvalue weighted by Crippen LogP contribution is -2.28. The van der Waals surface area contributed by atoms with Crippen LogP contribution in [0, 0.1) is 6.92 Å². The lowest BCUT2D eigenvalue weighted by atomic mass is 10.2. The molecule has 0 atom stereocenters. The first-order chi connectivity index (χ1) is 10.0. The van der Waals surface area contributed by atoms with Gasteiger partial charge in [0.1, 0.15) is 6.54 Å². The number of amides is 2. The molecule has 2 amide bonds. The van der Waals surface area contributed by atoms with Gasteiger partial charge in [-0.05, 0) is 24.1 Å². The molecule has 8 nitrogen and oxygen atoms in total. The Bertz CT molecular complexity index is 653. The van der Waals surface area contributed by atoms with Crippen LogP contribution in [0.2, 0.25) is 0 Å². The van der Waals surface area contributed by atoms with E-state index < -0.39 is 12.0 Å². The van der Waals surface area contributed by atoms with Crippen LogP contribution in [0.5, 0.6) is 0 Å². The molecule has 110 valence electrons. The Morgan fingerprint density at radius 3 is 2.90 bits per heavy atom. The minimum atomic E-state index is -0.999. The molecule has 0 radical (unpaired) electrons. The summed E-state index contributed by atoms with van der Waals surface area (Å²) in [6.07, 6.45) is 6.22. The fourth-order valence-corrected chi connectivity index (χ4v) is 1.69. The van der Waals surface area contributed by atoms with Crippen LogP contribution in [0.25, 0.3) is 0 Å². The van der Waals surface area contributed by atoms with E-state index in [1.54, 1.807) is 12.4 Å². The van der Waals surface area contributed by atoms with Crippen LogP contribution in [0.1, 0.15) is 11.1 Å². The molecule has 0 fully saturated rings. The van der Waals surface area contributed by atoms with Gasteiger partial charge in [0.25, 0.3) is 0 Å². The number of hydrogen-bond donors (Lipinski definition) is 3. The van der Waals surface area contributed by atoms with Crippen molar-refractivity contribution in [2.24, 2.45) is 0 Å². The molecule has 0 aromatic carbocycles. The minimum absolute atomic E-state index is 0.252. The number of carboxylic acids is 1. The van der Waals surface area contributed by atoms with Crippen LogP contribution >= 0.6 is 0 Å². The molecule has 0 unspecified atom stereocenters. The number of carbonyl (C=O) groups is 2. The van der Waals surface area contributed by atoms with Gasteiger partial charge in [-0.3, -0.25) is 14.5 Å². The number of carbonyl (C=O) groups excluding carboxylic acids is 1. The summed E-state index contributed by atoms with van der Waals surface area (Å²) in [4.78, 5) is 26.3. The van der Waals surface area contributed by atoms with E-state index in [9.17, 15) is 9.59 Å². The first kappa shape index (κ1) is 14.5. The smallest absolute Gasteiger partial charge is 0.325 e. The second kappa shape index (κ2) is 6.51. The van der Waals surface area contributed by atoms with Crippen LogP contribution in [-0.2, 0) is 17.9 Å². The molecule has 3 N–H and O–H groups in total. The van der Waals surface area contributed by atoms with E-state index in [0.717, 1.165) is 11.1 Å². The summed E-state index contributed by atoms with van der Waals surface area (Å²) in [6.45, 7) is 2.04. The van der Waals surface area contributed by atoms with E-state index in [1.165, 1.54) is 17.1 Å². The Labute approximate surface area is 120 Å². The van der Waals surface area contributed by atoms with Crippen LogP contribution in [0.3, 0.4) is 0 Å². The average Bonchev–Trinajstić information content (AvgIpc) is 2.84. The number of carboxylic acid groups (broad SMARTS) is 1. The number of aliphatic carboxylic acids is 1. The highest BCUT2D eigenvalue weighted by Crippen LogP contribution is 2.06. The van der Waals surface area contributed by atoms with E-state index >= 15 is 0 Å². The number of nitrogens with zero attached hydrogens (tertiary/aromatic N) is 3. The van der Waals surface area contributed by atoms with Crippen molar-refractivity contribution in [1.82, 2.24) is 20.1 Å². The predicted octanol–water partition coefficient (Wildman–Crippen LogP) is 0.993. The van der Waals surface area contributed by atoms with Crippen molar-refractivity contribution in [2.45, 2.75) is 20.0 Å². The van der Waals surface area contributed by atoms with Crippen LogP contribution in [0.4, 0.5) is 10.5 Å². The second-order valence-corrected chi connectivity index (χ2v) is 4.43. The van der Waals surface area contributed by atoms with Gasteiger partial charge in [-0.25, -0.2) is 4.79 Å². The first-order valence-corrected chi connectivity index (χ1v) is 6.23. The molecule has 8 heteroatoms. The molecule has 0 aliphatic rings. The SMILES string of the molecule is Cc1ccncc1CNC(=O)Nc1cnn(CC(=O)O)c1. The average molecular weight is 289 g/mol. The highest BCUT2D eigenvalue weighted by atomic mass is 16.4. The molecule has 0 saturated carbocycles. The Hall–Kier alpha value is -2.90. The maximum atomic E-state index is 11.7. The third kappa shape index (κ3) is 4.30. The van der Waals surface area contributed by atoms with E-state index in [2.05, 4.69) is 20.7 Å². The summed E-state index contributed by atoms with van der Waals surface area (Å²) in [7, 11) is 0.